The minimum atomic E-state index is -0.357. The average Bonchev–Trinajstić information content (AvgIpc) is 3.32. The molecule has 0 aliphatic heterocycles. The number of anilines is 2. The molecule has 0 saturated heterocycles. The van der Waals surface area contributed by atoms with Crippen LogP contribution in [-0.4, -0.2) is 11.8 Å². The third-order valence-corrected chi connectivity index (χ3v) is 4.53. The lowest BCUT2D eigenvalue weighted by molar-refractivity contribution is 0.0995. The van der Waals surface area contributed by atoms with Gasteiger partial charge in [0.05, 0.1) is 12.0 Å². The normalized spacial score (nSPS) is 10.4. The molecule has 0 radical (unpaired) electrons. The lowest BCUT2D eigenvalue weighted by Crippen LogP contribution is -2.13. The Morgan fingerprint density at radius 3 is 2.23 bits per heavy atom. The van der Waals surface area contributed by atoms with Crippen molar-refractivity contribution in [1.82, 2.24) is 0 Å². The minimum absolute atomic E-state index is 0.215. The molecule has 0 bridgehead atoms. The zero-order chi connectivity index (χ0) is 21.6. The number of carbonyl (C=O) groups is 2. The summed E-state index contributed by atoms with van der Waals surface area (Å²) in [4.78, 5) is 24.8. The van der Waals surface area contributed by atoms with Crippen LogP contribution in [0.5, 0.6) is 11.5 Å². The molecule has 154 valence electrons. The largest absolute Gasteiger partial charge is 0.459 e. The van der Waals surface area contributed by atoms with Gasteiger partial charge in [-0.25, -0.2) is 0 Å². The number of ether oxygens (including phenoxy) is 1. The smallest absolute Gasteiger partial charge is 0.291 e. The Kier molecular flexibility index (Phi) is 5.80. The van der Waals surface area contributed by atoms with E-state index in [2.05, 4.69) is 10.6 Å². The van der Waals surface area contributed by atoms with Gasteiger partial charge in [-0.15, -0.1) is 0 Å². The van der Waals surface area contributed by atoms with Gasteiger partial charge < -0.3 is 19.8 Å². The molecular weight excluding hydrogens is 392 g/mol. The van der Waals surface area contributed by atoms with Gasteiger partial charge in [0.15, 0.2) is 11.5 Å². The van der Waals surface area contributed by atoms with E-state index in [9.17, 15) is 9.59 Å². The number of hydrogen-bond acceptors (Lipinski definition) is 4. The Morgan fingerprint density at radius 2 is 1.52 bits per heavy atom. The molecule has 1 heterocycles. The highest BCUT2D eigenvalue weighted by Crippen LogP contribution is 2.29. The molecule has 0 spiro atoms. The summed E-state index contributed by atoms with van der Waals surface area (Å²) in [6.45, 7) is 2.01. The van der Waals surface area contributed by atoms with Crippen LogP contribution in [0.1, 0.15) is 26.5 Å². The van der Waals surface area contributed by atoms with Gasteiger partial charge in [-0.2, -0.15) is 0 Å². The van der Waals surface area contributed by atoms with Crippen molar-refractivity contribution >= 4 is 23.2 Å². The summed E-state index contributed by atoms with van der Waals surface area (Å²) in [5.41, 5.74) is 2.70. The second-order valence-corrected chi connectivity index (χ2v) is 6.87. The fourth-order valence-electron chi connectivity index (χ4n) is 2.89. The number of furan rings is 1. The van der Waals surface area contributed by atoms with Gasteiger partial charge in [0.2, 0.25) is 0 Å². The second kappa shape index (κ2) is 9.00. The van der Waals surface area contributed by atoms with E-state index in [1.807, 2.05) is 43.3 Å². The molecule has 6 nitrogen and oxygen atoms in total. The zero-order valence-corrected chi connectivity index (χ0v) is 16.8. The highest BCUT2D eigenvalue weighted by molar-refractivity contribution is 6.06. The summed E-state index contributed by atoms with van der Waals surface area (Å²) in [6.07, 6.45) is 1.43. The van der Waals surface area contributed by atoms with Crippen LogP contribution < -0.4 is 15.4 Å². The van der Waals surface area contributed by atoms with E-state index in [-0.39, 0.29) is 17.6 Å². The SMILES string of the molecule is Cc1ccc(Oc2ccccc2NC(=O)c2ccc(NC(=O)c3ccco3)cc2)cc1. The van der Waals surface area contributed by atoms with Gasteiger partial charge in [-0.05, 0) is 67.6 Å². The van der Waals surface area contributed by atoms with E-state index in [1.165, 1.54) is 6.26 Å². The molecule has 2 amide bonds. The number of aryl methyl sites for hydroxylation is 1. The van der Waals surface area contributed by atoms with Crippen molar-refractivity contribution in [2.75, 3.05) is 10.6 Å². The van der Waals surface area contributed by atoms with Crippen molar-refractivity contribution in [3.63, 3.8) is 0 Å². The van der Waals surface area contributed by atoms with Crippen LogP contribution in [0.4, 0.5) is 11.4 Å². The molecule has 0 aliphatic rings. The Hall–Kier alpha value is -4.32. The quantitative estimate of drug-likeness (QED) is 0.414. The first-order valence-electron chi connectivity index (χ1n) is 9.68. The first-order chi connectivity index (χ1) is 15.1. The molecule has 0 fully saturated rings. The molecule has 0 atom stereocenters. The summed E-state index contributed by atoms with van der Waals surface area (Å²) in [6, 6.07) is 24.7. The maximum atomic E-state index is 12.7. The number of hydrogen-bond donors (Lipinski definition) is 2. The molecule has 6 heteroatoms. The first kappa shape index (κ1) is 20.0. The van der Waals surface area contributed by atoms with E-state index in [4.69, 9.17) is 9.15 Å². The number of carbonyl (C=O) groups excluding carboxylic acids is 2. The summed E-state index contributed by atoms with van der Waals surface area (Å²) < 4.78 is 11.0. The van der Waals surface area contributed by atoms with Crippen LogP contribution in [0.3, 0.4) is 0 Å². The molecule has 0 saturated carbocycles. The lowest BCUT2D eigenvalue weighted by Gasteiger charge is -2.12. The van der Waals surface area contributed by atoms with Gasteiger partial charge in [-0.1, -0.05) is 29.8 Å². The van der Waals surface area contributed by atoms with Crippen LogP contribution >= 0.6 is 0 Å². The summed E-state index contributed by atoms with van der Waals surface area (Å²) in [5.74, 6) is 0.797. The Bertz CT molecular complexity index is 1180. The van der Waals surface area contributed by atoms with E-state index in [1.54, 1.807) is 48.5 Å². The lowest BCUT2D eigenvalue weighted by atomic mass is 10.2. The molecule has 31 heavy (non-hydrogen) atoms. The van der Waals surface area contributed by atoms with Crippen LogP contribution in [-0.2, 0) is 0 Å². The van der Waals surface area contributed by atoms with Crippen molar-refractivity contribution < 1.29 is 18.7 Å². The molecule has 0 unspecified atom stereocenters. The molecule has 4 rings (SSSR count). The number of para-hydroxylation sites is 2. The summed E-state index contributed by atoms with van der Waals surface area (Å²) >= 11 is 0. The third kappa shape index (κ3) is 5.00. The summed E-state index contributed by atoms with van der Waals surface area (Å²) in [5, 5.41) is 5.59. The van der Waals surface area contributed by atoms with Crippen molar-refractivity contribution in [3.05, 3.63) is 108 Å². The van der Waals surface area contributed by atoms with Crippen molar-refractivity contribution in [2.45, 2.75) is 6.92 Å². The van der Waals surface area contributed by atoms with E-state index in [0.717, 1.165) is 5.56 Å². The van der Waals surface area contributed by atoms with E-state index < -0.39 is 0 Å². The van der Waals surface area contributed by atoms with Crippen LogP contribution in [0.15, 0.2) is 95.6 Å². The van der Waals surface area contributed by atoms with Crippen molar-refractivity contribution in [2.24, 2.45) is 0 Å². The Labute approximate surface area is 179 Å². The Balaban J connectivity index is 1.43. The maximum Gasteiger partial charge on any atom is 0.291 e. The van der Waals surface area contributed by atoms with Crippen molar-refractivity contribution in [3.8, 4) is 11.5 Å². The molecule has 4 aromatic rings. The fourth-order valence-corrected chi connectivity index (χ4v) is 2.89. The summed E-state index contributed by atoms with van der Waals surface area (Å²) in [7, 11) is 0. The first-order valence-corrected chi connectivity index (χ1v) is 9.68. The molecule has 1 aromatic heterocycles. The molecular formula is C25H20N2O4. The monoisotopic (exact) mass is 412 g/mol. The average molecular weight is 412 g/mol. The number of amides is 2. The van der Waals surface area contributed by atoms with Gasteiger partial charge in [-0.3, -0.25) is 9.59 Å². The molecule has 3 aromatic carbocycles. The van der Waals surface area contributed by atoms with Crippen molar-refractivity contribution in [1.29, 1.82) is 0 Å². The van der Waals surface area contributed by atoms with Crippen LogP contribution in [0.2, 0.25) is 0 Å². The number of rotatable bonds is 6. The highest BCUT2D eigenvalue weighted by atomic mass is 16.5. The Morgan fingerprint density at radius 1 is 0.774 bits per heavy atom. The predicted octanol–water partition coefficient (Wildman–Crippen LogP) is 5.88. The number of nitrogens with one attached hydrogen (secondary N) is 2. The maximum absolute atomic E-state index is 12.7. The van der Waals surface area contributed by atoms with Gasteiger partial charge in [0, 0.05) is 11.3 Å². The van der Waals surface area contributed by atoms with Gasteiger partial charge >= 0.3 is 0 Å². The third-order valence-electron chi connectivity index (χ3n) is 4.53. The topological polar surface area (TPSA) is 80.6 Å². The standard InChI is InChI=1S/C25H20N2O4/c1-17-8-14-20(15-9-17)31-22-6-3-2-5-21(22)27-24(28)18-10-12-19(13-11-18)26-25(29)23-7-4-16-30-23/h2-16H,1H3,(H,26,29)(H,27,28). The number of benzene rings is 3. The van der Waals surface area contributed by atoms with Crippen LogP contribution in [0, 0.1) is 6.92 Å². The van der Waals surface area contributed by atoms with E-state index in [0.29, 0.717) is 28.4 Å². The minimum Gasteiger partial charge on any atom is -0.459 e. The molecule has 0 aliphatic carbocycles. The molecule has 2 N–H and O–H groups in total. The van der Waals surface area contributed by atoms with Crippen LogP contribution in [0.25, 0.3) is 0 Å². The highest BCUT2D eigenvalue weighted by Gasteiger charge is 2.12. The second-order valence-electron chi connectivity index (χ2n) is 6.87. The van der Waals surface area contributed by atoms with Gasteiger partial charge in [0.1, 0.15) is 5.75 Å². The fraction of sp³-hybridized carbons (Fsp3) is 0.0400. The zero-order valence-electron chi connectivity index (χ0n) is 16.8. The van der Waals surface area contributed by atoms with Gasteiger partial charge in [0.25, 0.3) is 11.8 Å². The van der Waals surface area contributed by atoms with E-state index >= 15 is 0 Å². The predicted molar refractivity (Wildman–Crippen MR) is 119 cm³/mol.